The summed E-state index contributed by atoms with van der Waals surface area (Å²) in [4.78, 5) is 6.45. The Bertz CT molecular complexity index is 741. The molecule has 6 nitrogen and oxygen atoms in total. The fourth-order valence-corrected chi connectivity index (χ4v) is 2.83. The first-order valence-corrected chi connectivity index (χ1v) is 9.48. The number of para-hydroxylation sites is 1. The van der Waals surface area contributed by atoms with Crippen molar-refractivity contribution in [2.75, 3.05) is 41.5 Å². The summed E-state index contributed by atoms with van der Waals surface area (Å²) in [6, 6.07) is 15.7. The van der Waals surface area contributed by atoms with Crippen molar-refractivity contribution >= 4 is 29.9 Å². The lowest BCUT2D eigenvalue weighted by molar-refractivity contribution is 0.306. The minimum atomic E-state index is 0. The normalized spacial score (nSPS) is 10.7. The van der Waals surface area contributed by atoms with Crippen LogP contribution < -0.4 is 19.5 Å². The van der Waals surface area contributed by atoms with Crippen molar-refractivity contribution in [2.45, 2.75) is 19.4 Å². The van der Waals surface area contributed by atoms with Crippen LogP contribution in [0.15, 0.2) is 53.5 Å². The number of methoxy groups -OCH3 is 2. The maximum atomic E-state index is 5.72. The topological polar surface area (TPSA) is 55.3 Å². The Kier molecular flexibility index (Phi) is 11.9. The second-order valence-corrected chi connectivity index (χ2v) is 6.38. The Labute approximate surface area is 191 Å². The SMILES string of the molecule is CN=C(NCCCCOc1ccccc1)N(C)Cc1ccc(OC)cc1OC.I. The van der Waals surface area contributed by atoms with Crippen molar-refractivity contribution in [2.24, 2.45) is 4.99 Å². The molecule has 0 amide bonds. The lowest BCUT2D eigenvalue weighted by Crippen LogP contribution is -2.39. The number of unbranched alkanes of at least 4 members (excludes halogenated alkanes) is 1. The molecule has 2 aromatic rings. The van der Waals surface area contributed by atoms with Gasteiger partial charge in [0.2, 0.25) is 0 Å². The molecule has 0 spiro atoms. The van der Waals surface area contributed by atoms with E-state index in [1.165, 1.54) is 0 Å². The van der Waals surface area contributed by atoms with Gasteiger partial charge in [0.05, 0.1) is 20.8 Å². The van der Waals surface area contributed by atoms with Crippen molar-refractivity contribution in [3.05, 3.63) is 54.1 Å². The van der Waals surface area contributed by atoms with E-state index >= 15 is 0 Å². The third-order valence-corrected chi connectivity index (χ3v) is 4.34. The molecule has 2 aromatic carbocycles. The van der Waals surface area contributed by atoms with Crippen molar-refractivity contribution in [1.82, 2.24) is 10.2 Å². The van der Waals surface area contributed by atoms with E-state index in [9.17, 15) is 0 Å². The molecule has 0 saturated carbocycles. The zero-order valence-electron chi connectivity index (χ0n) is 17.7. The number of nitrogens with one attached hydrogen (secondary N) is 1. The van der Waals surface area contributed by atoms with Gasteiger partial charge in [-0.1, -0.05) is 18.2 Å². The first-order valence-electron chi connectivity index (χ1n) is 9.48. The van der Waals surface area contributed by atoms with Crippen LogP contribution in [0.2, 0.25) is 0 Å². The van der Waals surface area contributed by atoms with Crippen LogP contribution in [0.1, 0.15) is 18.4 Å². The van der Waals surface area contributed by atoms with Gasteiger partial charge in [-0.2, -0.15) is 0 Å². The molecule has 0 saturated heterocycles. The Morgan fingerprint density at radius 3 is 2.41 bits per heavy atom. The highest BCUT2D eigenvalue weighted by atomic mass is 127. The Hall–Kier alpha value is -2.16. The summed E-state index contributed by atoms with van der Waals surface area (Å²) in [5, 5.41) is 3.40. The van der Waals surface area contributed by atoms with Gasteiger partial charge in [0.1, 0.15) is 17.2 Å². The highest BCUT2D eigenvalue weighted by Gasteiger charge is 2.11. The molecule has 0 aliphatic heterocycles. The second-order valence-electron chi connectivity index (χ2n) is 6.38. The minimum Gasteiger partial charge on any atom is -0.497 e. The van der Waals surface area contributed by atoms with E-state index in [0.29, 0.717) is 13.2 Å². The van der Waals surface area contributed by atoms with Crippen LogP contribution in [-0.2, 0) is 6.54 Å². The van der Waals surface area contributed by atoms with E-state index in [1.807, 2.05) is 55.6 Å². The molecular formula is C22H32IN3O3. The number of nitrogens with zero attached hydrogens (tertiary/aromatic N) is 2. The van der Waals surface area contributed by atoms with Gasteiger partial charge in [-0.25, -0.2) is 0 Å². The molecule has 29 heavy (non-hydrogen) atoms. The molecule has 0 heterocycles. The third-order valence-electron chi connectivity index (χ3n) is 4.34. The molecule has 7 heteroatoms. The van der Waals surface area contributed by atoms with E-state index < -0.39 is 0 Å². The van der Waals surface area contributed by atoms with Crippen LogP contribution in [-0.4, -0.2) is 52.3 Å². The van der Waals surface area contributed by atoms with Gasteiger partial charge in [-0.05, 0) is 37.1 Å². The maximum Gasteiger partial charge on any atom is 0.193 e. The molecular weight excluding hydrogens is 481 g/mol. The average molecular weight is 513 g/mol. The smallest absolute Gasteiger partial charge is 0.193 e. The van der Waals surface area contributed by atoms with Gasteiger partial charge in [-0.15, -0.1) is 24.0 Å². The van der Waals surface area contributed by atoms with E-state index in [0.717, 1.165) is 48.2 Å². The first kappa shape index (κ1) is 24.9. The predicted molar refractivity (Wildman–Crippen MR) is 129 cm³/mol. The first-order chi connectivity index (χ1) is 13.7. The minimum absolute atomic E-state index is 0. The van der Waals surface area contributed by atoms with Gasteiger partial charge in [0, 0.05) is 38.8 Å². The summed E-state index contributed by atoms with van der Waals surface area (Å²) in [7, 11) is 7.13. The Morgan fingerprint density at radius 1 is 1.00 bits per heavy atom. The number of halogens is 1. The van der Waals surface area contributed by atoms with Gasteiger partial charge < -0.3 is 24.4 Å². The lowest BCUT2D eigenvalue weighted by atomic mass is 10.2. The molecule has 0 unspecified atom stereocenters. The molecule has 160 valence electrons. The number of guanidine groups is 1. The van der Waals surface area contributed by atoms with Crippen LogP contribution in [0.4, 0.5) is 0 Å². The monoisotopic (exact) mass is 513 g/mol. The van der Waals surface area contributed by atoms with Crippen LogP contribution >= 0.6 is 24.0 Å². The molecule has 2 rings (SSSR count). The number of hydrogen-bond donors (Lipinski definition) is 1. The fourth-order valence-electron chi connectivity index (χ4n) is 2.83. The summed E-state index contributed by atoms with van der Waals surface area (Å²) in [5.74, 6) is 3.35. The standard InChI is InChI=1S/C22H31N3O3.HI/c1-23-22(24-14-8-9-15-28-19-10-6-5-7-11-19)25(2)17-18-12-13-20(26-3)16-21(18)27-4;/h5-7,10-13,16H,8-9,14-15,17H2,1-4H3,(H,23,24);1H. The molecule has 0 radical (unpaired) electrons. The van der Waals surface area contributed by atoms with Gasteiger partial charge in [-0.3, -0.25) is 4.99 Å². The number of benzene rings is 2. The number of rotatable bonds is 10. The summed E-state index contributed by atoms with van der Waals surface area (Å²) in [6.07, 6.45) is 1.99. The van der Waals surface area contributed by atoms with E-state index in [2.05, 4.69) is 15.2 Å². The second kappa shape index (κ2) is 13.9. The fraction of sp³-hybridized carbons (Fsp3) is 0.409. The molecule has 0 aromatic heterocycles. The largest absolute Gasteiger partial charge is 0.497 e. The molecule has 0 atom stereocenters. The van der Waals surface area contributed by atoms with Gasteiger partial charge in [0.25, 0.3) is 0 Å². The van der Waals surface area contributed by atoms with Gasteiger partial charge in [0.15, 0.2) is 5.96 Å². The maximum absolute atomic E-state index is 5.72. The van der Waals surface area contributed by atoms with E-state index in [1.54, 1.807) is 21.3 Å². The predicted octanol–water partition coefficient (Wildman–Crippen LogP) is 4.19. The van der Waals surface area contributed by atoms with Gasteiger partial charge >= 0.3 is 0 Å². The Balaban J connectivity index is 0.00000420. The summed E-state index contributed by atoms with van der Waals surface area (Å²) < 4.78 is 16.5. The molecule has 0 bridgehead atoms. The lowest BCUT2D eigenvalue weighted by Gasteiger charge is -2.23. The molecule has 1 N–H and O–H groups in total. The van der Waals surface area contributed by atoms with Crippen molar-refractivity contribution in [3.8, 4) is 17.2 Å². The quantitative estimate of drug-likeness (QED) is 0.224. The van der Waals surface area contributed by atoms with Crippen LogP contribution in [0.25, 0.3) is 0 Å². The number of hydrogen-bond acceptors (Lipinski definition) is 4. The highest BCUT2D eigenvalue weighted by molar-refractivity contribution is 14.0. The van der Waals surface area contributed by atoms with Crippen LogP contribution in [0, 0.1) is 0 Å². The summed E-state index contributed by atoms with van der Waals surface area (Å²) in [6.45, 7) is 2.24. The zero-order valence-corrected chi connectivity index (χ0v) is 20.0. The van der Waals surface area contributed by atoms with Crippen molar-refractivity contribution < 1.29 is 14.2 Å². The summed E-state index contributed by atoms with van der Waals surface area (Å²) in [5.41, 5.74) is 1.07. The average Bonchev–Trinajstić information content (AvgIpc) is 2.74. The third kappa shape index (κ3) is 8.39. The number of ether oxygens (including phenoxy) is 3. The Morgan fingerprint density at radius 2 is 1.76 bits per heavy atom. The van der Waals surface area contributed by atoms with Crippen LogP contribution in [0.5, 0.6) is 17.2 Å². The van der Waals surface area contributed by atoms with Crippen molar-refractivity contribution in [1.29, 1.82) is 0 Å². The zero-order chi connectivity index (χ0) is 20.2. The van der Waals surface area contributed by atoms with Crippen molar-refractivity contribution in [3.63, 3.8) is 0 Å². The highest BCUT2D eigenvalue weighted by Crippen LogP contribution is 2.25. The summed E-state index contributed by atoms with van der Waals surface area (Å²) >= 11 is 0. The molecule has 0 fully saturated rings. The van der Waals surface area contributed by atoms with Crippen LogP contribution in [0.3, 0.4) is 0 Å². The molecule has 0 aliphatic carbocycles. The number of aliphatic imine (C=N–C) groups is 1. The van der Waals surface area contributed by atoms with E-state index in [-0.39, 0.29) is 24.0 Å². The van der Waals surface area contributed by atoms with E-state index in [4.69, 9.17) is 14.2 Å². The molecule has 0 aliphatic rings.